The summed E-state index contributed by atoms with van der Waals surface area (Å²) in [4.78, 5) is 0. The fraction of sp³-hybridized carbons (Fsp3) is 0.0769. The average molecular weight is 182 g/mol. The Balaban J connectivity index is 3.37. The lowest BCUT2D eigenvalue weighted by Gasteiger charge is -2.10. The van der Waals surface area contributed by atoms with Gasteiger partial charge in [-0.05, 0) is 17.2 Å². The molecule has 69 valence electrons. The van der Waals surface area contributed by atoms with Crippen LogP contribution >= 0.6 is 0 Å². The van der Waals surface area contributed by atoms with Crippen LogP contribution in [0.15, 0.2) is 37.4 Å². The number of nitriles is 1. The molecule has 0 unspecified atom stereocenters. The first-order valence-corrected chi connectivity index (χ1v) is 4.36. The highest BCUT2D eigenvalue weighted by Crippen LogP contribution is 2.23. The van der Waals surface area contributed by atoms with Gasteiger partial charge in [0.15, 0.2) is 0 Å². The van der Waals surface area contributed by atoms with Crippen molar-refractivity contribution < 1.29 is 0 Å². The topological polar surface area (TPSA) is 23.8 Å². The number of benzene rings is 1. The Morgan fingerprint density at radius 2 is 2.14 bits per heavy atom. The smallest absolute Gasteiger partial charge is 0.0998 e. The summed E-state index contributed by atoms with van der Waals surface area (Å²) in [5.41, 5.74) is 2.56. The van der Waals surface area contributed by atoms with Gasteiger partial charge in [0.1, 0.15) is 0 Å². The van der Waals surface area contributed by atoms with E-state index in [4.69, 9.17) is 5.26 Å². The van der Waals surface area contributed by atoms with Crippen molar-refractivity contribution in [3.63, 3.8) is 0 Å². The third-order valence-corrected chi connectivity index (χ3v) is 2.16. The minimum Gasteiger partial charge on any atom is -0.192 e. The highest BCUT2D eigenvalue weighted by atomic mass is 14.2. The molecule has 1 aromatic rings. The van der Waals surface area contributed by atoms with E-state index in [1.807, 2.05) is 19.1 Å². The molecule has 0 aliphatic heterocycles. The quantitative estimate of drug-likeness (QED) is 0.703. The number of hydrogen-bond acceptors (Lipinski definition) is 1. The summed E-state index contributed by atoms with van der Waals surface area (Å²) >= 11 is 0. The van der Waals surface area contributed by atoms with E-state index < -0.39 is 0 Å². The van der Waals surface area contributed by atoms with Crippen LogP contribution in [0.25, 0.3) is 6.08 Å². The lowest BCUT2D eigenvalue weighted by molar-refractivity contribution is 1.24. The van der Waals surface area contributed by atoms with E-state index in [0.29, 0.717) is 5.56 Å². The Morgan fingerprint density at radius 3 is 2.64 bits per heavy atom. The molecular formula is C13H12N. The van der Waals surface area contributed by atoms with Crippen LogP contribution in [0.2, 0.25) is 0 Å². The van der Waals surface area contributed by atoms with Crippen molar-refractivity contribution >= 4 is 6.08 Å². The lowest BCUT2D eigenvalue weighted by Crippen LogP contribution is -1.96. The van der Waals surface area contributed by atoms with Gasteiger partial charge in [0.05, 0.1) is 11.6 Å². The van der Waals surface area contributed by atoms with Crippen molar-refractivity contribution in [1.29, 1.82) is 5.26 Å². The zero-order chi connectivity index (χ0) is 10.6. The monoisotopic (exact) mass is 182 g/mol. The molecule has 1 heteroatoms. The van der Waals surface area contributed by atoms with Crippen molar-refractivity contribution in [2.24, 2.45) is 0 Å². The summed E-state index contributed by atoms with van der Waals surface area (Å²) in [6, 6.07) is 7.77. The van der Waals surface area contributed by atoms with Gasteiger partial charge in [-0.25, -0.2) is 0 Å². The molecule has 0 heterocycles. The second kappa shape index (κ2) is 4.43. The fourth-order valence-corrected chi connectivity index (χ4v) is 1.34. The molecule has 1 nitrogen and oxygen atoms in total. The maximum absolute atomic E-state index is 8.90. The van der Waals surface area contributed by atoms with E-state index >= 15 is 0 Å². The maximum atomic E-state index is 8.90. The van der Waals surface area contributed by atoms with Gasteiger partial charge in [0.25, 0.3) is 0 Å². The van der Waals surface area contributed by atoms with Gasteiger partial charge in [-0.2, -0.15) is 5.26 Å². The molecule has 0 aliphatic rings. The van der Waals surface area contributed by atoms with Crippen molar-refractivity contribution in [3.05, 3.63) is 60.0 Å². The molecule has 0 amide bonds. The first-order chi connectivity index (χ1) is 6.74. The zero-order valence-electron chi connectivity index (χ0n) is 8.25. The standard InChI is InChI=1S/C13H12N/c1-4-10(3)13-8-6-7-11(9-14)12(13)5-2/h4-8H,1-2H2,3H3. The molecule has 0 aliphatic carbocycles. The molecular weight excluding hydrogens is 170 g/mol. The van der Waals surface area contributed by atoms with Crippen LogP contribution in [-0.2, 0) is 0 Å². The zero-order valence-corrected chi connectivity index (χ0v) is 8.25. The summed E-state index contributed by atoms with van der Waals surface area (Å²) in [7, 11) is 0. The van der Waals surface area contributed by atoms with Crippen LogP contribution in [0.3, 0.4) is 0 Å². The van der Waals surface area contributed by atoms with Crippen molar-refractivity contribution in [2.45, 2.75) is 6.92 Å². The highest BCUT2D eigenvalue weighted by molar-refractivity contribution is 5.64. The predicted molar refractivity (Wildman–Crippen MR) is 59.5 cm³/mol. The predicted octanol–water partition coefficient (Wildman–Crippen LogP) is 3.33. The lowest BCUT2D eigenvalue weighted by atomic mass is 9.93. The van der Waals surface area contributed by atoms with Gasteiger partial charge in [0.2, 0.25) is 0 Å². The van der Waals surface area contributed by atoms with Crippen LogP contribution in [0.4, 0.5) is 0 Å². The minimum atomic E-state index is 0.652. The van der Waals surface area contributed by atoms with Gasteiger partial charge in [0, 0.05) is 5.92 Å². The number of allylic oxidation sites excluding steroid dienone is 1. The molecule has 1 rings (SSSR count). The van der Waals surface area contributed by atoms with E-state index in [1.54, 1.807) is 18.2 Å². The average Bonchev–Trinajstić information content (AvgIpc) is 2.26. The summed E-state index contributed by atoms with van der Waals surface area (Å²) < 4.78 is 0. The van der Waals surface area contributed by atoms with E-state index in [2.05, 4.69) is 19.2 Å². The van der Waals surface area contributed by atoms with Crippen molar-refractivity contribution in [3.8, 4) is 6.07 Å². The van der Waals surface area contributed by atoms with Crippen molar-refractivity contribution in [1.82, 2.24) is 0 Å². The molecule has 14 heavy (non-hydrogen) atoms. The molecule has 0 fully saturated rings. The van der Waals surface area contributed by atoms with Gasteiger partial charge in [-0.3, -0.25) is 0 Å². The number of nitrogens with zero attached hydrogens (tertiary/aromatic N) is 1. The molecule has 0 saturated carbocycles. The summed E-state index contributed by atoms with van der Waals surface area (Å²) in [5.74, 6) is 1.05. The Kier molecular flexibility index (Phi) is 3.25. The van der Waals surface area contributed by atoms with Gasteiger partial charge < -0.3 is 0 Å². The summed E-state index contributed by atoms with van der Waals surface area (Å²) in [6.45, 7) is 9.40. The van der Waals surface area contributed by atoms with E-state index in [0.717, 1.165) is 17.0 Å². The van der Waals surface area contributed by atoms with Crippen LogP contribution < -0.4 is 0 Å². The van der Waals surface area contributed by atoms with E-state index in [-0.39, 0.29) is 0 Å². The third kappa shape index (κ3) is 1.75. The normalized spacial score (nSPS) is 9.50. The molecule has 0 spiro atoms. The minimum absolute atomic E-state index is 0.652. The molecule has 0 aromatic heterocycles. The van der Waals surface area contributed by atoms with Gasteiger partial charge in [-0.15, -0.1) is 6.58 Å². The maximum Gasteiger partial charge on any atom is 0.0998 e. The van der Waals surface area contributed by atoms with Crippen LogP contribution in [-0.4, -0.2) is 0 Å². The second-order valence-electron chi connectivity index (χ2n) is 2.97. The Bertz CT molecular complexity index is 396. The molecule has 0 N–H and O–H groups in total. The summed E-state index contributed by atoms with van der Waals surface area (Å²) in [6.07, 6.45) is 3.49. The molecule has 0 atom stereocenters. The Hall–Kier alpha value is -1.81. The van der Waals surface area contributed by atoms with E-state index in [9.17, 15) is 0 Å². The SMILES string of the molecule is C=C[C](C)c1cccc(C#N)c1C=C. The Labute approximate surface area is 85.0 Å². The third-order valence-electron chi connectivity index (χ3n) is 2.16. The number of hydrogen-bond donors (Lipinski definition) is 0. The molecule has 0 saturated heterocycles. The van der Waals surface area contributed by atoms with Crippen LogP contribution in [0, 0.1) is 17.2 Å². The first-order valence-electron chi connectivity index (χ1n) is 4.36. The fourth-order valence-electron chi connectivity index (χ4n) is 1.34. The largest absolute Gasteiger partial charge is 0.192 e. The highest BCUT2D eigenvalue weighted by Gasteiger charge is 2.09. The van der Waals surface area contributed by atoms with Gasteiger partial charge >= 0.3 is 0 Å². The number of rotatable bonds is 3. The summed E-state index contributed by atoms with van der Waals surface area (Å²) in [5, 5.41) is 8.90. The van der Waals surface area contributed by atoms with Crippen LogP contribution in [0.5, 0.6) is 0 Å². The molecule has 1 aromatic carbocycles. The van der Waals surface area contributed by atoms with E-state index in [1.165, 1.54) is 0 Å². The second-order valence-corrected chi connectivity index (χ2v) is 2.97. The molecule has 1 radical (unpaired) electrons. The molecule has 0 bridgehead atoms. The Morgan fingerprint density at radius 1 is 1.43 bits per heavy atom. The van der Waals surface area contributed by atoms with Crippen molar-refractivity contribution in [2.75, 3.05) is 0 Å². The van der Waals surface area contributed by atoms with Crippen LogP contribution in [0.1, 0.15) is 23.6 Å². The van der Waals surface area contributed by atoms with Gasteiger partial charge in [-0.1, -0.05) is 37.8 Å². The first kappa shape index (κ1) is 10.3.